The van der Waals surface area contributed by atoms with E-state index >= 15 is 0 Å². The van der Waals surface area contributed by atoms with Gasteiger partial charge in [0.25, 0.3) is 0 Å². The lowest BCUT2D eigenvalue weighted by atomic mass is 10.1. The van der Waals surface area contributed by atoms with Gasteiger partial charge in [0.1, 0.15) is 13.2 Å². The predicted octanol–water partition coefficient (Wildman–Crippen LogP) is 17.3. The van der Waals surface area contributed by atoms with Crippen LogP contribution in [0.2, 0.25) is 0 Å². The first-order valence-electron chi connectivity index (χ1n) is 26.3. The number of ether oxygens (including phenoxy) is 3. The van der Waals surface area contributed by atoms with Gasteiger partial charge in [-0.05, 0) is 77.0 Å². The molecule has 0 bridgehead atoms. The fourth-order valence-corrected chi connectivity index (χ4v) is 7.33. The molecule has 0 saturated carbocycles. The SMILES string of the molecule is CC/C=C\C/C=C\C/C=C\CCCCCCCCCCCC(=O)OCC(COC(=O)CCCCCCCCCCC)OC(=O)CCCCC/C=C\C=C/CCCCCCCCC. The lowest BCUT2D eigenvalue weighted by Crippen LogP contribution is -2.30. The van der Waals surface area contributed by atoms with E-state index in [4.69, 9.17) is 14.2 Å². The summed E-state index contributed by atoms with van der Waals surface area (Å²) in [5, 5.41) is 0. The fourth-order valence-electron chi connectivity index (χ4n) is 7.33. The molecule has 0 aromatic rings. The van der Waals surface area contributed by atoms with Crippen LogP contribution in [0.15, 0.2) is 60.8 Å². The molecule has 0 aromatic carbocycles. The van der Waals surface area contributed by atoms with Gasteiger partial charge in [-0.15, -0.1) is 0 Å². The Kier molecular flexibility index (Phi) is 48.4. The molecule has 0 aromatic heterocycles. The summed E-state index contributed by atoms with van der Waals surface area (Å²) < 4.78 is 16.8. The third-order valence-electron chi connectivity index (χ3n) is 11.3. The van der Waals surface area contributed by atoms with Crippen LogP contribution in [0.3, 0.4) is 0 Å². The maximum atomic E-state index is 12.8. The molecule has 1 atom stereocenters. The Morgan fingerprint density at radius 2 is 0.677 bits per heavy atom. The van der Waals surface area contributed by atoms with E-state index in [1.54, 1.807) is 0 Å². The highest BCUT2D eigenvalue weighted by Gasteiger charge is 2.19. The highest BCUT2D eigenvalue weighted by atomic mass is 16.6. The van der Waals surface area contributed by atoms with Crippen LogP contribution in [0.25, 0.3) is 0 Å². The molecule has 0 aliphatic carbocycles. The van der Waals surface area contributed by atoms with Gasteiger partial charge >= 0.3 is 17.9 Å². The molecule has 6 nitrogen and oxygen atoms in total. The average Bonchev–Trinajstić information content (AvgIpc) is 3.27. The minimum atomic E-state index is -0.787. The van der Waals surface area contributed by atoms with Crippen molar-refractivity contribution in [3.63, 3.8) is 0 Å². The zero-order valence-electron chi connectivity index (χ0n) is 40.9. The minimum absolute atomic E-state index is 0.0850. The molecule has 0 fully saturated rings. The van der Waals surface area contributed by atoms with Crippen molar-refractivity contribution in [1.29, 1.82) is 0 Å². The number of unbranched alkanes of at least 4 members (excludes halogenated alkanes) is 27. The lowest BCUT2D eigenvalue weighted by Gasteiger charge is -2.18. The lowest BCUT2D eigenvalue weighted by molar-refractivity contribution is -0.167. The smallest absolute Gasteiger partial charge is 0.306 e. The van der Waals surface area contributed by atoms with E-state index in [0.29, 0.717) is 19.3 Å². The van der Waals surface area contributed by atoms with Crippen LogP contribution >= 0.6 is 0 Å². The summed E-state index contributed by atoms with van der Waals surface area (Å²) >= 11 is 0. The molecule has 0 radical (unpaired) electrons. The summed E-state index contributed by atoms with van der Waals surface area (Å²) in [6.07, 6.45) is 62.1. The van der Waals surface area contributed by atoms with Crippen molar-refractivity contribution < 1.29 is 28.6 Å². The Balaban J connectivity index is 4.34. The van der Waals surface area contributed by atoms with Gasteiger partial charge in [0.05, 0.1) is 0 Å². The number of allylic oxidation sites excluding steroid dienone is 10. The Morgan fingerprint density at radius 3 is 1.10 bits per heavy atom. The van der Waals surface area contributed by atoms with Crippen molar-refractivity contribution in [2.24, 2.45) is 0 Å². The van der Waals surface area contributed by atoms with Gasteiger partial charge in [0.15, 0.2) is 6.10 Å². The van der Waals surface area contributed by atoms with Crippen molar-refractivity contribution in [2.45, 2.75) is 264 Å². The van der Waals surface area contributed by atoms with Crippen LogP contribution in [0, 0.1) is 0 Å². The summed E-state index contributed by atoms with van der Waals surface area (Å²) in [7, 11) is 0. The highest BCUT2D eigenvalue weighted by Crippen LogP contribution is 2.15. The maximum absolute atomic E-state index is 12.8. The molecule has 0 aliphatic heterocycles. The molecule has 1 unspecified atom stereocenters. The minimum Gasteiger partial charge on any atom is -0.462 e. The van der Waals surface area contributed by atoms with E-state index in [9.17, 15) is 14.4 Å². The van der Waals surface area contributed by atoms with Crippen LogP contribution in [-0.2, 0) is 28.6 Å². The molecule has 0 aliphatic rings. The van der Waals surface area contributed by atoms with Crippen molar-refractivity contribution in [3.8, 4) is 0 Å². The fraction of sp³-hybridized carbons (Fsp3) is 0.768. The van der Waals surface area contributed by atoms with Crippen LogP contribution in [0.4, 0.5) is 0 Å². The van der Waals surface area contributed by atoms with Gasteiger partial charge in [0, 0.05) is 19.3 Å². The second-order valence-electron chi connectivity index (χ2n) is 17.4. The van der Waals surface area contributed by atoms with Crippen molar-refractivity contribution in [1.82, 2.24) is 0 Å². The van der Waals surface area contributed by atoms with Gasteiger partial charge in [0.2, 0.25) is 0 Å². The molecule has 62 heavy (non-hydrogen) atoms. The summed E-state index contributed by atoms with van der Waals surface area (Å²) in [6.45, 7) is 6.49. The van der Waals surface area contributed by atoms with Crippen molar-refractivity contribution >= 4 is 17.9 Å². The number of esters is 3. The normalized spacial score (nSPS) is 12.5. The van der Waals surface area contributed by atoms with Gasteiger partial charge < -0.3 is 14.2 Å². The van der Waals surface area contributed by atoms with E-state index in [1.807, 2.05) is 0 Å². The topological polar surface area (TPSA) is 78.9 Å². The molecular weight excluding hydrogens is 769 g/mol. The number of carbonyl (C=O) groups excluding carboxylic acids is 3. The Bertz CT molecular complexity index is 1130. The third kappa shape index (κ3) is 48.1. The maximum Gasteiger partial charge on any atom is 0.306 e. The Labute approximate surface area is 383 Å². The number of hydrogen-bond donors (Lipinski definition) is 0. The molecule has 0 heterocycles. The molecule has 358 valence electrons. The average molecular weight is 867 g/mol. The molecule has 0 saturated heterocycles. The second-order valence-corrected chi connectivity index (χ2v) is 17.4. The summed E-state index contributed by atoms with van der Waals surface area (Å²) in [5.41, 5.74) is 0. The summed E-state index contributed by atoms with van der Waals surface area (Å²) in [4.78, 5) is 37.9. The molecule has 0 spiro atoms. The molecule has 0 N–H and O–H groups in total. The quantitative estimate of drug-likeness (QED) is 0.0199. The summed E-state index contributed by atoms with van der Waals surface area (Å²) in [6, 6.07) is 0. The number of rotatable bonds is 47. The van der Waals surface area contributed by atoms with Crippen molar-refractivity contribution in [3.05, 3.63) is 60.8 Å². The van der Waals surface area contributed by atoms with E-state index in [2.05, 4.69) is 81.5 Å². The largest absolute Gasteiger partial charge is 0.462 e. The first kappa shape index (κ1) is 59.1. The highest BCUT2D eigenvalue weighted by molar-refractivity contribution is 5.71. The molecule has 0 rings (SSSR count). The van der Waals surface area contributed by atoms with Crippen LogP contribution < -0.4 is 0 Å². The molecule has 6 heteroatoms. The second kappa shape index (κ2) is 50.8. The summed E-state index contributed by atoms with van der Waals surface area (Å²) in [5.74, 6) is -0.915. The molecular formula is C56H98O6. The van der Waals surface area contributed by atoms with Crippen molar-refractivity contribution in [2.75, 3.05) is 13.2 Å². The Hall–Kier alpha value is -2.89. The van der Waals surface area contributed by atoms with Gasteiger partial charge in [-0.2, -0.15) is 0 Å². The first-order valence-corrected chi connectivity index (χ1v) is 26.3. The Morgan fingerprint density at radius 1 is 0.355 bits per heavy atom. The monoisotopic (exact) mass is 867 g/mol. The van der Waals surface area contributed by atoms with E-state index in [1.165, 1.54) is 128 Å². The van der Waals surface area contributed by atoms with Crippen LogP contribution in [-0.4, -0.2) is 37.2 Å². The number of carbonyl (C=O) groups is 3. The van der Waals surface area contributed by atoms with Gasteiger partial charge in [-0.25, -0.2) is 0 Å². The first-order chi connectivity index (χ1) is 30.5. The van der Waals surface area contributed by atoms with Gasteiger partial charge in [-0.1, -0.05) is 223 Å². The number of hydrogen-bond acceptors (Lipinski definition) is 6. The van der Waals surface area contributed by atoms with E-state index in [-0.39, 0.29) is 31.1 Å². The zero-order chi connectivity index (χ0) is 45.1. The van der Waals surface area contributed by atoms with Crippen LogP contribution in [0.5, 0.6) is 0 Å². The van der Waals surface area contributed by atoms with Crippen LogP contribution in [0.1, 0.15) is 258 Å². The zero-order valence-corrected chi connectivity index (χ0v) is 40.9. The van der Waals surface area contributed by atoms with E-state index < -0.39 is 6.10 Å². The third-order valence-corrected chi connectivity index (χ3v) is 11.3. The van der Waals surface area contributed by atoms with Gasteiger partial charge in [-0.3, -0.25) is 14.4 Å². The predicted molar refractivity (Wildman–Crippen MR) is 265 cm³/mol. The standard InChI is InChI=1S/C56H98O6/c1-4-7-10-13-16-19-21-23-25-27-28-29-31-32-34-37-40-43-46-49-55(58)61-52-53(51-60-54(57)48-45-42-39-36-18-15-12-9-6-3)62-56(59)50-47-44-41-38-35-33-30-26-24-22-20-17-14-11-8-5-2/h7,10,16,19,23,25-26,30,33,35,53H,4-6,8-9,11-15,17-18,20-22,24,27-29,31-32,34,36-52H2,1-3H3/b10-7-,19-16-,25-23-,30-26-,35-33-. The molecule has 0 amide bonds. The van der Waals surface area contributed by atoms with E-state index in [0.717, 1.165) is 89.9 Å².